The lowest BCUT2D eigenvalue weighted by atomic mass is 10.1. The number of primary amides is 1. The van der Waals surface area contributed by atoms with Crippen molar-refractivity contribution in [3.63, 3.8) is 0 Å². The highest BCUT2D eigenvalue weighted by Crippen LogP contribution is 2.38. The Bertz CT molecular complexity index is 984. The molecule has 0 saturated carbocycles. The Morgan fingerprint density at radius 1 is 1.41 bits per heavy atom. The maximum atomic E-state index is 13.9. The molecule has 0 bridgehead atoms. The summed E-state index contributed by atoms with van der Waals surface area (Å²) in [5, 5.41) is 3.10. The largest absolute Gasteiger partial charge is 0.490 e. The van der Waals surface area contributed by atoms with E-state index < -0.39 is 36.6 Å². The summed E-state index contributed by atoms with van der Waals surface area (Å²) in [5.41, 5.74) is 6.53. The number of amides is 2. The molecule has 2 amide bonds. The highest BCUT2D eigenvalue weighted by Gasteiger charge is 2.53. The van der Waals surface area contributed by atoms with E-state index in [2.05, 4.69) is 10.3 Å². The molecule has 1 aromatic heterocycles. The molecule has 29 heavy (non-hydrogen) atoms. The van der Waals surface area contributed by atoms with Gasteiger partial charge in [-0.3, -0.25) is 9.78 Å². The third-order valence-electron chi connectivity index (χ3n) is 5.05. The Labute approximate surface area is 165 Å². The van der Waals surface area contributed by atoms with Crippen LogP contribution in [-0.2, 0) is 4.74 Å². The van der Waals surface area contributed by atoms with Gasteiger partial charge in [-0.05, 0) is 32.0 Å². The number of carbonyl (C=O) groups excluding carboxylic acids is 2. The zero-order valence-electron chi connectivity index (χ0n) is 15.8. The summed E-state index contributed by atoms with van der Waals surface area (Å²) in [6.45, 7) is 3.75. The van der Waals surface area contributed by atoms with Crippen LogP contribution in [0.4, 0.5) is 19.3 Å². The summed E-state index contributed by atoms with van der Waals surface area (Å²) in [4.78, 5) is 29.1. The quantitative estimate of drug-likeness (QED) is 0.787. The molecular formula is C19H20F2N4O4. The number of fused-ring (bicyclic) bond motifs is 2. The molecule has 2 aliphatic rings. The van der Waals surface area contributed by atoms with E-state index in [-0.39, 0.29) is 24.0 Å². The molecule has 10 heteroatoms. The fourth-order valence-corrected chi connectivity index (χ4v) is 3.93. The average molecular weight is 406 g/mol. The van der Waals surface area contributed by atoms with Crippen LogP contribution in [0.1, 0.15) is 24.2 Å². The average Bonchev–Trinajstić information content (AvgIpc) is 3.15. The second-order valence-corrected chi connectivity index (χ2v) is 7.32. The first kappa shape index (κ1) is 19.2. The molecule has 3 N–H and O–H groups in total. The van der Waals surface area contributed by atoms with Crippen molar-refractivity contribution in [1.82, 2.24) is 10.3 Å². The van der Waals surface area contributed by atoms with Crippen LogP contribution in [0.2, 0.25) is 0 Å². The first-order chi connectivity index (χ1) is 13.8. The van der Waals surface area contributed by atoms with E-state index in [1.165, 1.54) is 17.2 Å². The highest BCUT2D eigenvalue weighted by molar-refractivity contribution is 6.02. The standard InChI is InChI=1S/C19H20F2N4O4/c1-8(2)28-14-6-9-11(5-10(14)18(22)26)23-4-3-13(9)25-7-12-16(15(25)17(20)21)29-19(27)24-12/h3-6,8,12,15-17H,7H2,1-2H3,(H2,22,26)(H,24,27)/t12-,15?,16-/m1/s1. The number of nitrogens with one attached hydrogen (secondary N) is 1. The number of nitrogens with zero attached hydrogens (tertiary/aromatic N) is 2. The van der Waals surface area contributed by atoms with Crippen molar-refractivity contribution in [2.45, 2.75) is 44.6 Å². The fourth-order valence-electron chi connectivity index (χ4n) is 3.93. The zero-order valence-corrected chi connectivity index (χ0v) is 15.8. The van der Waals surface area contributed by atoms with Gasteiger partial charge in [0.15, 0.2) is 6.10 Å². The number of nitrogens with two attached hydrogens (primary N) is 1. The molecule has 8 nitrogen and oxygen atoms in total. The number of alkyl halides is 2. The molecule has 4 rings (SSSR count). The molecular weight excluding hydrogens is 386 g/mol. The summed E-state index contributed by atoms with van der Waals surface area (Å²) >= 11 is 0. The van der Waals surface area contributed by atoms with Crippen molar-refractivity contribution >= 4 is 28.6 Å². The molecule has 2 fully saturated rings. The normalized spacial score (nSPS) is 23.4. The third kappa shape index (κ3) is 3.28. The van der Waals surface area contributed by atoms with Gasteiger partial charge in [0, 0.05) is 23.8 Å². The van der Waals surface area contributed by atoms with Crippen molar-refractivity contribution in [2.24, 2.45) is 5.73 Å². The van der Waals surface area contributed by atoms with Crippen molar-refractivity contribution in [2.75, 3.05) is 11.4 Å². The van der Waals surface area contributed by atoms with Crippen molar-refractivity contribution in [1.29, 1.82) is 0 Å². The highest BCUT2D eigenvalue weighted by atomic mass is 19.3. The van der Waals surface area contributed by atoms with Gasteiger partial charge in [-0.2, -0.15) is 0 Å². The summed E-state index contributed by atoms with van der Waals surface area (Å²) in [5.74, 6) is -0.418. The Hall–Kier alpha value is -3.17. The molecule has 2 aliphatic heterocycles. The van der Waals surface area contributed by atoms with Crippen LogP contribution >= 0.6 is 0 Å². The molecule has 154 valence electrons. The first-order valence-electron chi connectivity index (χ1n) is 9.17. The van der Waals surface area contributed by atoms with Crippen LogP contribution in [-0.4, -0.2) is 54.2 Å². The van der Waals surface area contributed by atoms with Gasteiger partial charge in [0.1, 0.15) is 11.8 Å². The zero-order chi connectivity index (χ0) is 20.9. The molecule has 1 unspecified atom stereocenters. The molecule has 3 heterocycles. The fraction of sp³-hybridized carbons (Fsp3) is 0.421. The lowest BCUT2D eigenvalue weighted by Gasteiger charge is -2.29. The van der Waals surface area contributed by atoms with Gasteiger partial charge >= 0.3 is 6.09 Å². The van der Waals surface area contributed by atoms with E-state index in [0.29, 0.717) is 16.6 Å². The van der Waals surface area contributed by atoms with E-state index in [9.17, 15) is 18.4 Å². The van der Waals surface area contributed by atoms with Crippen molar-refractivity contribution in [3.05, 3.63) is 30.0 Å². The predicted octanol–water partition coefficient (Wildman–Crippen LogP) is 2.05. The number of alkyl carbamates (subject to hydrolysis) is 1. The number of benzene rings is 1. The van der Waals surface area contributed by atoms with E-state index >= 15 is 0 Å². The number of rotatable bonds is 5. The lowest BCUT2D eigenvalue weighted by Crippen LogP contribution is -2.42. The molecule has 3 atom stereocenters. The number of anilines is 1. The van der Waals surface area contributed by atoms with Gasteiger partial charge in [-0.25, -0.2) is 13.6 Å². The second kappa shape index (κ2) is 7.02. The summed E-state index contributed by atoms with van der Waals surface area (Å²) < 4.78 is 38.6. The number of aromatic nitrogens is 1. The number of carbonyl (C=O) groups is 2. The Morgan fingerprint density at radius 2 is 2.17 bits per heavy atom. The summed E-state index contributed by atoms with van der Waals surface area (Å²) in [7, 11) is 0. The van der Waals surface area contributed by atoms with Crippen LogP contribution in [0.25, 0.3) is 10.9 Å². The Morgan fingerprint density at radius 3 is 2.83 bits per heavy atom. The Balaban J connectivity index is 1.83. The number of hydrogen-bond acceptors (Lipinski definition) is 6. The van der Waals surface area contributed by atoms with Crippen LogP contribution in [0.15, 0.2) is 24.4 Å². The van der Waals surface area contributed by atoms with Crippen molar-refractivity contribution in [3.8, 4) is 5.75 Å². The maximum absolute atomic E-state index is 13.9. The van der Waals surface area contributed by atoms with Gasteiger partial charge in [0.25, 0.3) is 12.3 Å². The minimum absolute atomic E-state index is 0.155. The van der Waals surface area contributed by atoms with Crippen LogP contribution < -0.4 is 20.7 Å². The molecule has 2 saturated heterocycles. The molecule has 0 spiro atoms. The SMILES string of the molecule is CC(C)Oc1cc2c(N3C[C@H]4NC(=O)O[C@H]4C3C(F)F)ccnc2cc1C(N)=O. The van der Waals surface area contributed by atoms with E-state index in [1.54, 1.807) is 26.0 Å². The van der Waals surface area contributed by atoms with Crippen LogP contribution in [0, 0.1) is 0 Å². The lowest BCUT2D eigenvalue weighted by molar-refractivity contribution is 0.0501. The smallest absolute Gasteiger partial charge is 0.407 e. The third-order valence-corrected chi connectivity index (χ3v) is 5.05. The molecule has 0 radical (unpaired) electrons. The monoisotopic (exact) mass is 406 g/mol. The van der Waals surface area contributed by atoms with Gasteiger partial charge < -0.3 is 25.4 Å². The van der Waals surface area contributed by atoms with Gasteiger partial charge in [-0.15, -0.1) is 0 Å². The number of ether oxygens (including phenoxy) is 2. The summed E-state index contributed by atoms with van der Waals surface area (Å²) in [6.07, 6.45) is -3.14. The number of halogens is 2. The molecule has 2 aromatic rings. The second-order valence-electron chi connectivity index (χ2n) is 7.32. The minimum atomic E-state index is -2.74. The van der Waals surface area contributed by atoms with Gasteiger partial charge in [0.2, 0.25) is 0 Å². The van der Waals surface area contributed by atoms with E-state index in [1.807, 2.05) is 0 Å². The number of hydrogen-bond donors (Lipinski definition) is 2. The van der Waals surface area contributed by atoms with Crippen LogP contribution in [0.5, 0.6) is 5.75 Å². The van der Waals surface area contributed by atoms with Crippen LogP contribution in [0.3, 0.4) is 0 Å². The summed E-state index contributed by atoms with van der Waals surface area (Å²) in [6, 6.07) is 2.85. The van der Waals surface area contributed by atoms with E-state index in [4.69, 9.17) is 15.2 Å². The topological polar surface area (TPSA) is 107 Å². The maximum Gasteiger partial charge on any atom is 0.407 e. The number of pyridine rings is 1. The molecule has 0 aliphatic carbocycles. The van der Waals surface area contributed by atoms with Gasteiger partial charge in [-0.1, -0.05) is 0 Å². The Kier molecular flexibility index (Phi) is 4.64. The predicted molar refractivity (Wildman–Crippen MR) is 100 cm³/mol. The molecule has 1 aromatic carbocycles. The van der Waals surface area contributed by atoms with Crippen molar-refractivity contribution < 1.29 is 27.8 Å². The minimum Gasteiger partial charge on any atom is -0.490 e. The van der Waals surface area contributed by atoms with Gasteiger partial charge in [0.05, 0.1) is 23.2 Å². The first-order valence-corrected chi connectivity index (χ1v) is 9.17. The van der Waals surface area contributed by atoms with E-state index in [0.717, 1.165) is 0 Å².